The van der Waals surface area contributed by atoms with Crippen LogP contribution in [0.4, 0.5) is 4.39 Å². The third kappa shape index (κ3) is 2.82. The summed E-state index contributed by atoms with van der Waals surface area (Å²) < 4.78 is 27.8. The van der Waals surface area contributed by atoms with Crippen molar-refractivity contribution in [1.29, 1.82) is 0 Å². The molecule has 0 unspecified atom stereocenters. The van der Waals surface area contributed by atoms with Crippen LogP contribution in [0.5, 0.6) is 23.8 Å². The van der Waals surface area contributed by atoms with E-state index in [1.807, 2.05) is 0 Å². The molecule has 2 aromatic rings. The first kappa shape index (κ1) is 12.0. The zero-order valence-electron chi connectivity index (χ0n) is 9.75. The molecule has 94 valence electrons. The second-order valence-electron chi connectivity index (χ2n) is 3.15. The highest BCUT2D eigenvalue weighted by atomic mass is 19.1. The molecule has 0 saturated carbocycles. The molecule has 0 saturated heterocycles. The summed E-state index contributed by atoms with van der Waals surface area (Å²) in [6.45, 7) is 0. The summed E-state index contributed by atoms with van der Waals surface area (Å²) in [5, 5.41) is 0. The summed E-state index contributed by atoms with van der Waals surface area (Å²) in [5.74, 6) is 0.0415. The maximum Gasteiger partial charge on any atom is 0.331 e. The quantitative estimate of drug-likeness (QED) is 0.825. The lowest BCUT2D eigenvalue weighted by atomic mass is 10.3. The van der Waals surface area contributed by atoms with Crippen molar-refractivity contribution >= 4 is 0 Å². The molecule has 0 amide bonds. The van der Waals surface area contributed by atoms with Gasteiger partial charge in [-0.15, -0.1) is 15.0 Å². The normalized spacial score (nSPS) is 9.94. The molecule has 0 bridgehead atoms. The largest absolute Gasteiger partial charge is 0.467 e. The molecule has 0 radical (unpaired) electrons. The first-order valence-corrected chi connectivity index (χ1v) is 4.98. The molecule has 0 N–H and O–H groups in total. The molecule has 6 nitrogen and oxygen atoms in total. The molecule has 2 rings (SSSR count). The lowest BCUT2D eigenvalue weighted by Gasteiger charge is -2.06. The Labute approximate surface area is 102 Å². The Hall–Kier alpha value is -2.44. The number of ether oxygens (including phenoxy) is 3. The molecule has 0 atom stereocenters. The molecule has 0 spiro atoms. The molecule has 7 heteroatoms. The fourth-order valence-electron chi connectivity index (χ4n) is 1.16. The van der Waals surface area contributed by atoms with Crippen LogP contribution < -0.4 is 14.2 Å². The molecule has 0 aliphatic heterocycles. The molecule has 18 heavy (non-hydrogen) atoms. The van der Waals surface area contributed by atoms with Gasteiger partial charge in [-0.25, -0.2) is 4.39 Å². The van der Waals surface area contributed by atoms with Crippen LogP contribution in [0, 0.1) is 5.82 Å². The number of methoxy groups -OCH3 is 2. The first-order valence-electron chi connectivity index (χ1n) is 4.98. The van der Waals surface area contributed by atoms with E-state index >= 15 is 0 Å². The lowest BCUT2D eigenvalue weighted by Crippen LogP contribution is -2.01. The van der Waals surface area contributed by atoms with Crippen LogP contribution >= 0.6 is 0 Å². The number of benzene rings is 1. The maximum absolute atomic E-state index is 12.7. The van der Waals surface area contributed by atoms with Gasteiger partial charge in [0.25, 0.3) is 0 Å². The monoisotopic (exact) mass is 251 g/mol. The topological polar surface area (TPSA) is 66.4 Å². The summed E-state index contributed by atoms with van der Waals surface area (Å²) >= 11 is 0. The number of hydrogen-bond acceptors (Lipinski definition) is 6. The average Bonchev–Trinajstić information content (AvgIpc) is 2.41. The SMILES string of the molecule is COc1nc(OC)nc(Oc2ccc(F)cc2)n1. The van der Waals surface area contributed by atoms with Gasteiger partial charge in [0.15, 0.2) is 0 Å². The fourth-order valence-corrected chi connectivity index (χ4v) is 1.16. The van der Waals surface area contributed by atoms with Crippen molar-refractivity contribution in [2.24, 2.45) is 0 Å². The molecular formula is C11H10FN3O3. The van der Waals surface area contributed by atoms with E-state index in [-0.39, 0.29) is 23.8 Å². The van der Waals surface area contributed by atoms with Crippen molar-refractivity contribution in [2.75, 3.05) is 14.2 Å². The van der Waals surface area contributed by atoms with Crippen LogP contribution in [0.1, 0.15) is 0 Å². The highest BCUT2D eigenvalue weighted by Gasteiger charge is 2.09. The lowest BCUT2D eigenvalue weighted by molar-refractivity contribution is 0.320. The Morgan fingerprint density at radius 1 is 0.833 bits per heavy atom. The minimum absolute atomic E-state index is 0.00491. The fraction of sp³-hybridized carbons (Fsp3) is 0.182. The Kier molecular flexibility index (Phi) is 3.52. The molecule has 1 heterocycles. The molecule has 0 aliphatic rings. The minimum Gasteiger partial charge on any atom is -0.467 e. The highest BCUT2D eigenvalue weighted by Crippen LogP contribution is 2.21. The van der Waals surface area contributed by atoms with Gasteiger partial charge in [-0.2, -0.15) is 0 Å². The van der Waals surface area contributed by atoms with Crippen molar-refractivity contribution in [3.8, 4) is 23.8 Å². The third-order valence-corrected chi connectivity index (χ3v) is 1.96. The summed E-state index contributed by atoms with van der Waals surface area (Å²) in [7, 11) is 2.83. The second-order valence-corrected chi connectivity index (χ2v) is 3.15. The van der Waals surface area contributed by atoms with Crippen LogP contribution in [0.15, 0.2) is 24.3 Å². The van der Waals surface area contributed by atoms with Crippen LogP contribution in [0.2, 0.25) is 0 Å². The standard InChI is InChI=1S/C11H10FN3O3/c1-16-9-13-10(17-2)15-11(14-9)18-8-5-3-7(12)4-6-8/h3-6H,1-2H3. The summed E-state index contributed by atoms with van der Waals surface area (Å²) in [5.41, 5.74) is 0. The van der Waals surface area contributed by atoms with E-state index in [9.17, 15) is 4.39 Å². The summed E-state index contributed by atoms with van der Waals surface area (Å²) in [6, 6.07) is 5.59. The number of halogens is 1. The average molecular weight is 251 g/mol. The van der Waals surface area contributed by atoms with E-state index in [1.165, 1.54) is 38.5 Å². The van der Waals surface area contributed by atoms with Gasteiger partial charge in [0.1, 0.15) is 11.6 Å². The van der Waals surface area contributed by atoms with Crippen LogP contribution in [0.25, 0.3) is 0 Å². The summed E-state index contributed by atoms with van der Waals surface area (Å²) in [4.78, 5) is 11.6. The van der Waals surface area contributed by atoms with Crippen molar-refractivity contribution in [1.82, 2.24) is 15.0 Å². The molecular weight excluding hydrogens is 241 g/mol. The minimum atomic E-state index is -0.354. The van der Waals surface area contributed by atoms with Gasteiger partial charge in [-0.1, -0.05) is 0 Å². The Balaban J connectivity index is 2.25. The number of hydrogen-bond donors (Lipinski definition) is 0. The van der Waals surface area contributed by atoms with Gasteiger partial charge in [0, 0.05) is 0 Å². The maximum atomic E-state index is 12.7. The van der Waals surface area contributed by atoms with E-state index in [4.69, 9.17) is 14.2 Å². The molecule has 0 aliphatic carbocycles. The third-order valence-electron chi connectivity index (χ3n) is 1.96. The second kappa shape index (κ2) is 5.26. The predicted molar refractivity (Wildman–Crippen MR) is 59.4 cm³/mol. The highest BCUT2D eigenvalue weighted by molar-refractivity contribution is 5.25. The van der Waals surface area contributed by atoms with E-state index in [1.54, 1.807) is 0 Å². The van der Waals surface area contributed by atoms with Crippen molar-refractivity contribution in [3.05, 3.63) is 30.1 Å². The molecule has 1 aromatic carbocycles. The summed E-state index contributed by atoms with van der Waals surface area (Å²) in [6.07, 6.45) is 0. The first-order chi connectivity index (χ1) is 8.71. The number of aromatic nitrogens is 3. The van der Waals surface area contributed by atoms with E-state index in [2.05, 4.69) is 15.0 Å². The molecule has 1 aromatic heterocycles. The molecule has 0 fully saturated rings. The Morgan fingerprint density at radius 3 is 1.83 bits per heavy atom. The van der Waals surface area contributed by atoms with E-state index in [0.717, 1.165) is 0 Å². The van der Waals surface area contributed by atoms with Crippen molar-refractivity contribution in [2.45, 2.75) is 0 Å². The van der Waals surface area contributed by atoms with E-state index in [0.29, 0.717) is 5.75 Å². The van der Waals surface area contributed by atoms with Gasteiger partial charge in [-0.3, -0.25) is 0 Å². The van der Waals surface area contributed by atoms with Gasteiger partial charge in [-0.05, 0) is 24.3 Å². The van der Waals surface area contributed by atoms with Crippen LogP contribution in [0.3, 0.4) is 0 Å². The Morgan fingerprint density at radius 2 is 1.33 bits per heavy atom. The zero-order chi connectivity index (χ0) is 13.0. The van der Waals surface area contributed by atoms with Crippen LogP contribution in [-0.2, 0) is 0 Å². The van der Waals surface area contributed by atoms with Gasteiger partial charge in [0.2, 0.25) is 0 Å². The number of nitrogens with zero attached hydrogens (tertiary/aromatic N) is 3. The predicted octanol–water partition coefficient (Wildman–Crippen LogP) is 1.82. The van der Waals surface area contributed by atoms with Gasteiger partial charge >= 0.3 is 18.0 Å². The van der Waals surface area contributed by atoms with Crippen molar-refractivity contribution in [3.63, 3.8) is 0 Å². The van der Waals surface area contributed by atoms with Crippen LogP contribution in [-0.4, -0.2) is 29.2 Å². The number of rotatable bonds is 4. The smallest absolute Gasteiger partial charge is 0.331 e. The Bertz CT molecular complexity index is 511. The van der Waals surface area contributed by atoms with Gasteiger partial charge < -0.3 is 14.2 Å². The van der Waals surface area contributed by atoms with Gasteiger partial charge in [0.05, 0.1) is 14.2 Å². The zero-order valence-corrected chi connectivity index (χ0v) is 9.75. The van der Waals surface area contributed by atoms with Crippen molar-refractivity contribution < 1.29 is 18.6 Å². The van der Waals surface area contributed by atoms with E-state index < -0.39 is 0 Å².